The van der Waals surface area contributed by atoms with E-state index in [-0.39, 0.29) is 24.8 Å². The molecule has 1 amide bonds. The summed E-state index contributed by atoms with van der Waals surface area (Å²) in [6.45, 7) is 3.39. The molecule has 5 heteroatoms. The summed E-state index contributed by atoms with van der Waals surface area (Å²) in [7, 11) is 3.89. The number of hydrogen-bond acceptors (Lipinski definition) is 4. The first-order valence-electron chi connectivity index (χ1n) is 4.64. The number of amides is 1. The van der Waals surface area contributed by atoms with Gasteiger partial charge in [-0.25, -0.2) is 0 Å². The maximum Gasteiger partial charge on any atom is 0.234 e. The van der Waals surface area contributed by atoms with Gasteiger partial charge in [-0.1, -0.05) is 0 Å². The topological polar surface area (TPSA) is 61.4 Å². The van der Waals surface area contributed by atoms with Gasteiger partial charge in [0.1, 0.15) is 5.78 Å². The molecule has 0 saturated carbocycles. The van der Waals surface area contributed by atoms with E-state index in [0.29, 0.717) is 6.54 Å². The van der Waals surface area contributed by atoms with Gasteiger partial charge in [-0.15, -0.1) is 0 Å². The maximum atomic E-state index is 11.1. The van der Waals surface area contributed by atoms with Gasteiger partial charge in [-0.05, 0) is 21.0 Å². The Balaban J connectivity index is 3.33. The zero-order valence-electron chi connectivity index (χ0n) is 9.09. The molecule has 14 heavy (non-hydrogen) atoms. The number of hydrogen-bond donors (Lipinski definition) is 2. The smallest absolute Gasteiger partial charge is 0.234 e. The van der Waals surface area contributed by atoms with Crippen LogP contribution >= 0.6 is 0 Å². The minimum Gasteiger partial charge on any atom is -0.354 e. The Labute approximate surface area is 84.8 Å². The highest BCUT2D eigenvalue weighted by Gasteiger charge is 2.00. The van der Waals surface area contributed by atoms with Crippen molar-refractivity contribution in [2.45, 2.75) is 6.92 Å². The average Bonchev–Trinajstić information content (AvgIpc) is 2.02. The van der Waals surface area contributed by atoms with Crippen molar-refractivity contribution >= 4 is 11.7 Å². The van der Waals surface area contributed by atoms with Crippen molar-refractivity contribution in [2.75, 3.05) is 40.3 Å². The molecule has 0 fully saturated rings. The predicted octanol–water partition coefficient (Wildman–Crippen LogP) is -1.16. The highest BCUT2D eigenvalue weighted by atomic mass is 16.2. The van der Waals surface area contributed by atoms with Crippen molar-refractivity contribution in [2.24, 2.45) is 0 Å². The second-order valence-corrected chi connectivity index (χ2v) is 3.46. The van der Waals surface area contributed by atoms with E-state index in [1.807, 2.05) is 19.0 Å². The summed E-state index contributed by atoms with van der Waals surface area (Å²) >= 11 is 0. The number of likely N-dealkylation sites (N-methyl/N-ethyl adjacent to an activating group) is 1. The van der Waals surface area contributed by atoms with E-state index >= 15 is 0 Å². The molecule has 0 aromatic carbocycles. The molecule has 0 heterocycles. The van der Waals surface area contributed by atoms with Crippen molar-refractivity contribution in [1.82, 2.24) is 15.5 Å². The van der Waals surface area contributed by atoms with Crippen LogP contribution in [0.1, 0.15) is 6.92 Å². The summed E-state index contributed by atoms with van der Waals surface area (Å²) in [6, 6.07) is 0. The zero-order valence-corrected chi connectivity index (χ0v) is 9.09. The van der Waals surface area contributed by atoms with Crippen LogP contribution in [0.4, 0.5) is 0 Å². The number of nitrogens with zero attached hydrogens (tertiary/aromatic N) is 1. The molecule has 0 aromatic rings. The van der Waals surface area contributed by atoms with Gasteiger partial charge in [0.15, 0.2) is 0 Å². The Morgan fingerprint density at radius 1 is 1.21 bits per heavy atom. The van der Waals surface area contributed by atoms with Crippen LogP contribution < -0.4 is 10.6 Å². The van der Waals surface area contributed by atoms with Crippen LogP contribution in [0.3, 0.4) is 0 Å². The third-order valence-electron chi connectivity index (χ3n) is 1.54. The fourth-order valence-corrected chi connectivity index (χ4v) is 0.833. The van der Waals surface area contributed by atoms with E-state index < -0.39 is 0 Å². The van der Waals surface area contributed by atoms with Gasteiger partial charge in [0.05, 0.1) is 13.1 Å². The SMILES string of the molecule is CC(=O)CNCC(=O)NCCN(C)C. The first kappa shape index (κ1) is 13.1. The van der Waals surface area contributed by atoms with Crippen molar-refractivity contribution in [3.63, 3.8) is 0 Å². The molecule has 0 unspecified atom stereocenters. The molecule has 0 aliphatic rings. The van der Waals surface area contributed by atoms with Crippen LogP contribution in [0.25, 0.3) is 0 Å². The van der Waals surface area contributed by atoms with Gasteiger partial charge in [0.25, 0.3) is 0 Å². The van der Waals surface area contributed by atoms with E-state index in [2.05, 4.69) is 10.6 Å². The number of rotatable bonds is 7. The molecule has 0 saturated heterocycles. The van der Waals surface area contributed by atoms with E-state index in [1.54, 1.807) is 0 Å². The molecule has 0 aliphatic carbocycles. The van der Waals surface area contributed by atoms with E-state index in [0.717, 1.165) is 6.54 Å². The van der Waals surface area contributed by atoms with Gasteiger partial charge in [-0.3, -0.25) is 9.59 Å². The minimum atomic E-state index is -0.0758. The van der Waals surface area contributed by atoms with Gasteiger partial charge in [0, 0.05) is 13.1 Å². The van der Waals surface area contributed by atoms with Crippen molar-refractivity contribution in [1.29, 1.82) is 0 Å². The summed E-state index contributed by atoms with van der Waals surface area (Å²) in [6.07, 6.45) is 0. The van der Waals surface area contributed by atoms with Crippen LogP contribution in [0.2, 0.25) is 0 Å². The summed E-state index contributed by atoms with van der Waals surface area (Å²) in [5.74, 6) is -0.0424. The molecular formula is C9H19N3O2. The Morgan fingerprint density at radius 3 is 2.36 bits per heavy atom. The lowest BCUT2D eigenvalue weighted by Gasteiger charge is -2.10. The lowest BCUT2D eigenvalue weighted by Crippen LogP contribution is -2.38. The summed E-state index contributed by atoms with van der Waals surface area (Å²) in [5.41, 5.74) is 0. The molecule has 0 aromatic heterocycles. The van der Waals surface area contributed by atoms with Crippen molar-refractivity contribution < 1.29 is 9.59 Å². The third-order valence-corrected chi connectivity index (χ3v) is 1.54. The van der Waals surface area contributed by atoms with Gasteiger partial charge < -0.3 is 15.5 Å². The van der Waals surface area contributed by atoms with E-state index in [1.165, 1.54) is 6.92 Å². The highest BCUT2D eigenvalue weighted by Crippen LogP contribution is 1.72. The number of nitrogens with one attached hydrogen (secondary N) is 2. The summed E-state index contributed by atoms with van der Waals surface area (Å²) < 4.78 is 0. The average molecular weight is 201 g/mol. The maximum absolute atomic E-state index is 11.1. The Bertz CT molecular complexity index is 192. The zero-order chi connectivity index (χ0) is 11.0. The number of carbonyl (C=O) groups excluding carboxylic acids is 2. The molecule has 2 N–H and O–H groups in total. The molecule has 0 aliphatic heterocycles. The molecule has 0 bridgehead atoms. The highest BCUT2D eigenvalue weighted by molar-refractivity contribution is 5.80. The fraction of sp³-hybridized carbons (Fsp3) is 0.778. The van der Waals surface area contributed by atoms with E-state index in [4.69, 9.17) is 0 Å². The van der Waals surface area contributed by atoms with Gasteiger partial charge in [0.2, 0.25) is 5.91 Å². The summed E-state index contributed by atoms with van der Waals surface area (Å²) in [5, 5.41) is 5.48. The van der Waals surface area contributed by atoms with Gasteiger partial charge in [-0.2, -0.15) is 0 Å². The minimum absolute atomic E-state index is 0.0334. The first-order valence-corrected chi connectivity index (χ1v) is 4.64. The van der Waals surface area contributed by atoms with Crippen LogP contribution in [-0.2, 0) is 9.59 Å². The lowest BCUT2D eigenvalue weighted by atomic mass is 10.4. The number of ketones is 1. The molecule has 0 spiro atoms. The van der Waals surface area contributed by atoms with Crippen LogP contribution in [-0.4, -0.2) is 56.9 Å². The molecular weight excluding hydrogens is 182 g/mol. The fourth-order valence-electron chi connectivity index (χ4n) is 0.833. The van der Waals surface area contributed by atoms with Gasteiger partial charge >= 0.3 is 0 Å². The predicted molar refractivity (Wildman–Crippen MR) is 55.1 cm³/mol. The number of carbonyl (C=O) groups is 2. The van der Waals surface area contributed by atoms with Crippen LogP contribution in [0.5, 0.6) is 0 Å². The van der Waals surface area contributed by atoms with E-state index in [9.17, 15) is 9.59 Å². The molecule has 0 rings (SSSR count). The van der Waals surface area contributed by atoms with Crippen molar-refractivity contribution in [3.8, 4) is 0 Å². The van der Waals surface area contributed by atoms with Crippen LogP contribution in [0, 0.1) is 0 Å². The first-order chi connectivity index (χ1) is 6.52. The van der Waals surface area contributed by atoms with Crippen molar-refractivity contribution in [3.05, 3.63) is 0 Å². The molecule has 5 nitrogen and oxygen atoms in total. The monoisotopic (exact) mass is 201 g/mol. The summed E-state index contributed by atoms with van der Waals surface area (Å²) in [4.78, 5) is 23.6. The molecule has 0 radical (unpaired) electrons. The second-order valence-electron chi connectivity index (χ2n) is 3.46. The third kappa shape index (κ3) is 9.15. The molecule has 82 valence electrons. The standard InChI is InChI=1S/C9H19N3O2/c1-8(13)6-10-7-9(14)11-4-5-12(2)3/h10H,4-7H2,1-3H3,(H,11,14). The number of Topliss-reactive ketones (excluding diaryl/α,β-unsaturated/α-hetero) is 1. The lowest BCUT2D eigenvalue weighted by molar-refractivity contribution is -0.120. The normalized spacial score (nSPS) is 10.3. The quantitative estimate of drug-likeness (QED) is 0.545. The Hall–Kier alpha value is -0.940. The second kappa shape index (κ2) is 7.46. The Morgan fingerprint density at radius 2 is 1.86 bits per heavy atom. The Kier molecular flexibility index (Phi) is 6.96. The largest absolute Gasteiger partial charge is 0.354 e. The molecule has 0 atom stereocenters. The van der Waals surface area contributed by atoms with Crippen LogP contribution in [0.15, 0.2) is 0 Å².